The fourth-order valence-electron chi connectivity index (χ4n) is 2.20. The summed E-state index contributed by atoms with van der Waals surface area (Å²) in [7, 11) is 0. The number of nitrogen functional groups attached to an aromatic ring is 1. The predicted molar refractivity (Wildman–Crippen MR) is 81.5 cm³/mol. The van der Waals surface area contributed by atoms with Crippen LogP contribution >= 0.6 is 11.6 Å². The molecule has 0 saturated carbocycles. The summed E-state index contributed by atoms with van der Waals surface area (Å²) in [6, 6.07) is 11.9. The van der Waals surface area contributed by atoms with Gasteiger partial charge in [-0.25, -0.2) is 4.39 Å². The van der Waals surface area contributed by atoms with Crippen LogP contribution in [-0.2, 0) is 0 Å². The molecular weight excluding hydrogens is 291 g/mol. The fraction of sp³-hybridized carbons (Fsp3) is 0.0625. The molecule has 3 aromatic rings. The molecule has 0 aliphatic heterocycles. The van der Waals surface area contributed by atoms with Crippen LogP contribution < -0.4 is 5.73 Å². The molecule has 3 nitrogen and oxygen atoms in total. The Bertz CT molecular complexity index is 797. The highest BCUT2D eigenvalue weighted by Crippen LogP contribution is 2.37. The van der Waals surface area contributed by atoms with Crippen LogP contribution in [0.25, 0.3) is 22.4 Å². The van der Waals surface area contributed by atoms with E-state index in [2.05, 4.69) is 5.16 Å². The molecule has 0 atom stereocenters. The van der Waals surface area contributed by atoms with E-state index in [1.807, 2.05) is 6.92 Å². The minimum Gasteiger partial charge on any atom is -0.367 e. The van der Waals surface area contributed by atoms with Crippen LogP contribution in [0.2, 0.25) is 5.02 Å². The Kier molecular flexibility index (Phi) is 3.39. The number of aryl methyl sites for hydroxylation is 1. The van der Waals surface area contributed by atoms with Crippen LogP contribution in [0, 0.1) is 12.7 Å². The maximum absolute atomic E-state index is 14.1. The monoisotopic (exact) mass is 302 g/mol. The lowest BCUT2D eigenvalue weighted by atomic mass is 9.99. The van der Waals surface area contributed by atoms with Crippen molar-refractivity contribution in [3.63, 3.8) is 0 Å². The molecule has 0 radical (unpaired) electrons. The van der Waals surface area contributed by atoms with E-state index in [4.69, 9.17) is 21.9 Å². The van der Waals surface area contributed by atoms with Crippen LogP contribution in [0.15, 0.2) is 47.0 Å². The maximum atomic E-state index is 14.1. The van der Waals surface area contributed by atoms with Crippen molar-refractivity contribution in [3.8, 4) is 22.4 Å². The highest BCUT2D eigenvalue weighted by atomic mass is 35.5. The van der Waals surface area contributed by atoms with E-state index in [-0.39, 0.29) is 11.7 Å². The quantitative estimate of drug-likeness (QED) is 0.747. The van der Waals surface area contributed by atoms with E-state index in [0.29, 0.717) is 21.8 Å². The van der Waals surface area contributed by atoms with Crippen LogP contribution in [0.3, 0.4) is 0 Å². The first kappa shape index (κ1) is 13.6. The first-order chi connectivity index (χ1) is 10.1. The van der Waals surface area contributed by atoms with Gasteiger partial charge in [-0.05, 0) is 36.8 Å². The Balaban J connectivity index is 2.21. The normalized spacial score (nSPS) is 10.8. The minimum atomic E-state index is -0.371. The van der Waals surface area contributed by atoms with Crippen molar-refractivity contribution in [1.82, 2.24) is 5.16 Å². The summed E-state index contributed by atoms with van der Waals surface area (Å²) in [5.41, 5.74) is 8.86. The molecule has 2 N–H and O–H groups in total. The van der Waals surface area contributed by atoms with Crippen LogP contribution in [0.4, 0.5) is 10.3 Å². The molecule has 0 spiro atoms. The Hall–Kier alpha value is -2.33. The Morgan fingerprint density at radius 2 is 1.86 bits per heavy atom. The van der Waals surface area contributed by atoms with Gasteiger partial charge in [0.2, 0.25) is 5.88 Å². The van der Waals surface area contributed by atoms with E-state index in [0.717, 1.165) is 11.1 Å². The van der Waals surface area contributed by atoms with Crippen LogP contribution in [-0.4, -0.2) is 5.16 Å². The number of aromatic nitrogens is 1. The van der Waals surface area contributed by atoms with E-state index in [9.17, 15) is 4.39 Å². The molecule has 2 aromatic carbocycles. The summed E-state index contributed by atoms with van der Waals surface area (Å²) >= 11 is 5.89. The van der Waals surface area contributed by atoms with E-state index in [1.165, 1.54) is 6.07 Å². The minimum absolute atomic E-state index is 0.147. The smallest absolute Gasteiger partial charge is 0.230 e. The number of anilines is 1. The van der Waals surface area contributed by atoms with Gasteiger partial charge >= 0.3 is 0 Å². The van der Waals surface area contributed by atoms with Gasteiger partial charge in [-0.1, -0.05) is 40.5 Å². The molecule has 3 rings (SSSR count). The summed E-state index contributed by atoms with van der Waals surface area (Å²) in [5, 5.41) is 4.52. The van der Waals surface area contributed by atoms with Crippen molar-refractivity contribution in [2.45, 2.75) is 6.92 Å². The van der Waals surface area contributed by atoms with Crippen LogP contribution in [0.1, 0.15) is 5.56 Å². The largest absolute Gasteiger partial charge is 0.367 e. The topological polar surface area (TPSA) is 52.0 Å². The predicted octanol–water partition coefficient (Wildman–Crippen LogP) is 4.69. The summed E-state index contributed by atoms with van der Waals surface area (Å²) in [4.78, 5) is 0. The average Bonchev–Trinajstić information content (AvgIpc) is 2.84. The molecule has 106 valence electrons. The van der Waals surface area contributed by atoms with Gasteiger partial charge < -0.3 is 10.3 Å². The molecule has 1 heterocycles. The first-order valence-electron chi connectivity index (χ1n) is 6.34. The van der Waals surface area contributed by atoms with Gasteiger partial charge in [0.25, 0.3) is 0 Å². The zero-order valence-electron chi connectivity index (χ0n) is 11.2. The second kappa shape index (κ2) is 5.22. The first-order valence-corrected chi connectivity index (χ1v) is 6.71. The van der Waals surface area contributed by atoms with Crippen molar-refractivity contribution >= 4 is 17.5 Å². The molecule has 0 amide bonds. The third-order valence-corrected chi connectivity index (χ3v) is 3.48. The molecule has 0 bridgehead atoms. The fourth-order valence-corrected chi connectivity index (χ4v) is 2.33. The van der Waals surface area contributed by atoms with Crippen LogP contribution in [0.5, 0.6) is 0 Å². The summed E-state index contributed by atoms with van der Waals surface area (Å²) in [6.07, 6.45) is 0. The second-order valence-electron chi connectivity index (χ2n) is 4.76. The van der Waals surface area contributed by atoms with Gasteiger partial charge in [-0.2, -0.15) is 0 Å². The number of benzene rings is 2. The number of rotatable bonds is 2. The summed E-state index contributed by atoms with van der Waals surface area (Å²) in [6.45, 7) is 1.88. The zero-order chi connectivity index (χ0) is 15.0. The van der Waals surface area contributed by atoms with Crippen molar-refractivity contribution in [2.75, 3.05) is 5.73 Å². The standard InChI is InChI=1S/C16H12ClFN2O/c1-9-2-7-13(18)12(8-9)15-14(16(19)21-20-15)10-3-5-11(17)6-4-10/h2-8H,19H2,1H3. The number of nitrogens with two attached hydrogens (primary N) is 1. The average molecular weight is 303 g/mol. The highest BCUT2D eigenvalue weighted by molar-refractivity contribution is 6.30. The summed E-state index contributed by atoms with van der Waals surface area (Å²) < 4.78 is 19.1. The van der Waals surface area contributed by atoms with E-state index < -0.39 is 0 Å². The molecule has 0 saturated heterocycles. The Morgan fingerprint density at radius 3 is 2.57 bits per heavy atom. The number of hydrogen-bond donors (Lipinski definition) is 1. The van der Waals surface area contributed by atoms with E-state index >= 15 is 0 Å². The number of nitrogens with zero attached hydrogens (tertiary/aromatic N) is 1. The summed E-state index contributed by atoms with van der Waals surface area (Å²) in [5.74, 6) is -0.225. The van der Waals surface area contributed by atoms with Gasteiger partial charge in [-0.15, -0.1) is 0 Å². The maximum Gasteiger partial charge on any atom is 0.230 e. The lowest BCUT2D eigenvalue weighted by molar-refractivity contribution is 0.439. The third-order valence-electron chi connectivity index (χ3n) is 3.23. The molecule has 1 aromatic heterocycles. The van der Waals surface area contributed by atoms with Gasteiger partial charge in [0.05, 0.1) is 5.56 Å². The second-order valence-corrected chi connectivity index (χ2v) is 5.20. The molecule has 0 unspecified atom stereocenters. The van der Waals surface area contributed by atoms with Crippen molar-refractivity contribution in [1.29, 1.82) is 0 Å². The Labute approximate surface area is 126 Å². The number of halogens is 2. The third kappa shape index (κ3) is 2.50. The van der Waals surface area contributed by atoms with Crippen molar-refractivity contribution in [3.05, 3.63) is 58.9 Å². The van der Waals surface area contributed by atoms with Crippen molar-refractivity contribution < 1.29 is 8.91 Å². The van der Waals surface area contributed by atoms with Gasteiger partial charge in [0.1, 0.15) is 11.5 Å². The molecule has 0 aliphatic carbocycles. The molecule has 21 heavy (non-hydrogen) atoms. The Morgan fingerprint density at radius 1 is 1.14 bits per heavy atom. The van der Waals surface area contributed by atoms with Crippen molar-refractivity contribution in [2.24, 2.45) is 0 Å². The zero-order valence-corrected chi connectivity index (χ0v) is 12.0. The SMILES string of the molecule is Cc1ccc(F)c(-c2noc(N)c2-c2ccc(Cl)cc2)c1. The van der Waals surface area contributed by atoms with Gasteiger partial charge in [0, 0.05) is 10.6 Å². The molecule has 0 fully saturated rings. The molecule has 5 heteroatoms. The lowest BCUT2D eigenvalue weighted by Gasteiger charge is -2.05. The van der Waals surface area contributed by atoms with Gasteiger partial charge in [0.15, 0.2) is 0 Å². The highest BCUT2D eigenvalue weighted by Gasteiger charge is 2.20. The van der Waals surface area contributed by atoms with Gasteiger partial charge in [-0.3, -0.25) is 0 Å². The molecule has 0 aliphatic rings. The number of hydrogen-bond acceptors (Lipinski definition) is 3. The van der Waals surface area contributed by atoms with E-state index in [1.54, 1.807) is 36.4 Å². The lowest BCUT2D eigenvalue weighted by Crippen LogP contribution is -1.90. The molecular formula is C16H12ClFN2O.